The number of imidazole rings is 4. The summed E-state index contributed by atoms with van der Waals surface area (Å²) in [4.78, 5) is 170. The van der Waals surface area contributed by atoms with Gasteiger partial charge in [-0.05, 0) is 24.6 Å². The first-order valence-corrected chi connectivity index (χ1v) is 31.7. The highest BCUT2D eigenvalue weighted by Gasteiger charge is 2.24. The number of carbonyl (C=O) groups excluding carboxylic acids is 12. The topological polar surface area (TPSA) is 482 Å². The van der Waals surface area contributed by atoms with Crippen LogP contribution in [0.5, 0.6) is 0 Å². The van der Waals surface area contributed by atoms with Crippen molar-refractivity contribution in [3.63, 3.8) is 0 Å². The van der Waals surface area contributed by atoms with Crippen molar-refractivity contribution in [2.45, 2.75) is 45.1 Å². The third-order valence-electron chi connectivity index (χ3n) is 14.9. The lowest BCUT2D eigenvalue weighted by atomic mass is 10.3. The number of hydrogen-bond acceptors (Lipinski definition) is 21. The van der Waals surface area contributed by atoms with Crippen LogP contribution in [0.2, 0.25) is 0 Å². The first-order chi connectivity index (χ1) is 48.8. The summed E-state index contributed by atoms with van der Waals surface area (Å²) in [5.41, 5.74) is 2.00. The second kappa shape index (κ2) is 35.8. The summed E-state index contributed by atoms with van der Waals surface area (Å²) in [5, 5.41) is 37.1. The van der Waals surface area contributed by atoms with Crippen LogP contribution in [0.1, 0.15) is 112 Å². The Bertz CT molecular complexity index is 4380. The van der Waals surface area contributed by atoms with E-state index < -0.39 is 65.0 Å². The van der Waals surface area contributed by atoms with Gasteiger partial charge in [-0.25, -0.2) is 24.6 Å². The fourth-order valence-electron chi connectivity index (χ4n) is 9.80. The minimum Gasteiger partial charge on any atom is -0.469 e. The van der Waals surface area contributed by atoms with E-state index in [1.807, 2.05) is 0 Å². The van der Waals surface area contributed by atoms with Gasteiger partial charge in [0.25, 0.3) is 41.4 Å². The highest BCUT2D eigenvalue weighted by molar-refractivity contribution is 6.06. The van der Waals surface area contributed by atoms with Crippen LogP contribution in [0.15, 0.2) is 74.0 Å². The van der Waals surface area contributed by atoms with Crippen LogP contribution >= 0.6 is 0 Å². The second-order valence-electron chi connectivity index (χ2n) is 22.9. The molecule has 0 saturated carbocycles. The van der Waals surface area contributed by atoms with E-state index in [1.54, 1.807) is 77.2 Å². The number of rotatable bonds is 37. The standard InChI is InChI=1S/C62H79N25O15/c1-80-20-18-64-52(80)61(98)70-38-27-42(82(3)31-38)57(94)66-16-13-50(91)73-45-35-86(7)55(75-45)62(99)71-39-28-41(81(2)32-39)56(93)65-14-9-10-48(89)72-44-34-84(5)53(74-44)59(96)68-17-12-49(90)69-37-26-43(83(4)30-37)58(95)77-46-36-85(6)54(76-46)60(97)67-15-11-47(88)63-19-22-101-24-25-102-23-21-87-33-40(78-79-87)29-51(92)100-8/h18,20,26-28,30-36H,9-17,19,21-25,29H2,1-8H3,(H,63,88)(H,65,93)(H,66,94)(H,67,97)(H,68,96)(H,69,90)(H,70,98)(H,71,99)(H,72,89)(H,73,91)(H,77,95). The molecule has 102 heavy (non-hydrogen) atoms. The van der Waals surface area contributed by atoms with Crippen LogP contribution in [0.25, 0.3) is 0 Å². The third-order valence-corrected chi connectivity index (χ3v) is 14.9. The largest absolute Gasteiger partial charge is 0.469 e. The number of amides is 11. The molecule has 40 nitrogen and oxygen atoms in total. The molecule has 0 radical (unpaired) electrons. The number of aromatic nitrogens is 14. The van der Waals surface area contributed by atoms with Gasteiger partial charge in [-0.3, -0.25) is 57.5 Å². The minimum absolute atomic E-state index is 0.00668. The zero-order valence-corrected chi connectivity index (χ0v) is 57.1. The molecule has 0 bridgehead atoms. The molecule has 0 unspecified atom stereocenters. The number of nitrogens with one attached hydrogen (secondary N) is 11. The van der Waals surface area contributed by atoms with Gasteiger partial charge in [0.05, 0.1) is 69.3 Å². The van der Waals surface area contributed by atoms with Gasteiger partial charge in [0.15, 0.2) is 23.3 Å². The van der Waals surface area contributed by atoms with Gasteiger partial charge in [0.1, 0.15) is 17.1 Å². The Labute approximate surface area is 581 Å². The van der Waals surface area contributed by atoms with Gasteiger partial charge in [-0.15, -0.1) is 5.10 Å². The normalized spacial score (nSPS) is 10.9. The van der Waals surface area contributed by atoms with Crippen LogP contribution in [0.3, 0.4) is 0 Å². The van der Waals surface area contributed by atoms with Crippen molar-refractivity contribution in [1.29, 1.82) is 0 Å². The van der Waals surface area contributed by atoms with E-state index in [4.69, 9.17) is 9.47 Å². The Balaban J connectivity index is 0.661. The first-order valence-electron chi connectivity index (χ1n) is 31.7. The minimum atomic E-state index is -0.639. The molecule has 8 rings (SSSR count). The lowest BCUT2D eigenvalue weighted by molar-refractivity contribution is -0.140. The predicted molar refractivity (Wildman–Crippen MR) is 362 cm³/mol. The second-order valence-corrected chi connectivity index (χ2v) is 22.9. The van der Waals surface area contributed by atoms with Crippen LogP contribution in [0, 0.1) is 0 Å². The summed E-state index contributed by atoms with van der Waals surface area (Å²) in [6.45, 7) is 1.84. The van der Waals surface area contributed by atoms with E-state index in [2.05, 4.69) is 93.5 Å². The van der Waals surface area contributed by atoms with Crippen molar-refractivity contribution in [2.75, 3.05) is 98.2 Å². The lowest BCUT2D eigenvalue weighted by Crippen LogP contribution is -2.33. The fourth-order valence-corrected chi connectivity index (χ4v) is 9.80. The van der Waals surface area contributed by atoms with Crippen molar-refractivity contribution in [2.24, 2.45) is 49.3 Å². The quantitative estimate of drug-likeness (QED) is 0.0170. The summed E-state index contributed by atoms with van der Waals surface area (Å²) >= 11 is 0. The van der Waals surface area contributed by atoms with Gasteiger partial charge < -0.3 is 105 Å². The Morgan fingerprint density at radius 3 is 1.38 bits per heavy atom. The monoisotopic (exact) mass is 1410 g/mol. The maximum atomic E-state index is 13.3. The maximum Gasteiger partial charge on any atom is 0.311 e. The summed E-state index contributed by atoms with van der Waals surface area (Å²) < 4.78 is 27.4. The lowest BCUT2D eigenvalue weighted by Gasteiger charge is -2.08. The van der Waals surface area contributed by atoms with Crippen LogP contribution in [-0.4, -0.2) is 204 Å². The number of ether oxygens (including phenoxy) is 3. The average molecular weight is 1410 g/mol. The van der Waals surface area contributed by atoms with Crippen molar-refractivity contribution in [3.8, 4) is 0 Å². The van der Waals surface area contributed by atoms with Gasteiger partial charge in [-0.1, -0.05) is 5.21 Å². The fraction of sp³-hybridized carbons (Fsp3) is 0.387. The van der Waals surface area contributed by atoms with Gasteiger partial charge in [0, 0.05) is 164 Å². The van der Waals surface area contributed by atoms with Crippen LogP contribution in [0.4, 0.5) is 34.5 Å². The molecule has 8 aromatic rings. The third kappa shape index (κ3) is 21.7. The summed E-state index contributed by atoms with van der Waals surface area (Å²) in [5.74, 6) is -5.73. The molecule has 8 heterocycles. The van der Waals surface area contributed by atoms with E-state index in [0.29, 0.717) is 37.7 Å². The summed E-state index contributed by atoms with van der Waals surface area (Å²) in [7, 11) is 12.5. The van der Waals surface area contributed by atoms with Crippen LogP contribution < -0.4 is 58.5 Å². The molecule has 0 aromatic carbocycles. The molecule has 11 amide bonds. The Morgan fingerprint density at radius 1 is 0.402 bits per heavy atom. The zero-order chi connectivity index (χ0) is 73.6. The molecule has 11 N–H and O–H groups in total. The maximum absolute atomic E-state index is 13.3. The van der Waals surface area contributed by atoms with Crippen molar-refractivity contribution >= 4 is 105 Å². The van der Waals surface area contributed by atoms with Crippen molar-refractivity contribution in [3.05, 3.63) is 120 Å². The predicted octanol–water partition coefficient (Wildman–Crippen LogP) is -0.665. The van der Waals surface area contributed by atoms with E-state index in [-0.39, 0.29) is 153 Å². The molecular formula is C62H79N25O15. The number of esters is 1. The SMILES string of the molecule is COC(=O)Cc1cn(CCOCCOCCNC(=O)CCNC(=O)c2nc(NC(=O)c3cc(NC(=O)CCNC(=O)c4nc(NC(=O)CCCNC(=O)c5cc(NC(=O)c6nc(NC(=O)CCNC(=O)c7cc(NC(=O)c8nccn8C)cn7C)cn6C)cn5C)cn4C)cn3C)cn2C)nn1. The molecule has 0 aliphatic rings. The van der Waals surface area contributed by atoms with Crippen molar-refractivity contribution < 1.29 is 71.7 Å². The average Bonchev–Trinajstić information content (AvgIpc) is 1.70. The van der Waals surface area contributed by atoms with E-state index >= 15 is 0 Å². The van der Waals surface area contributed by atoms with E-state index in [0.717, 1.165) is 0 Å². The van der Waals surface area contributed by atoms with Gasteiger partial charge in [0.2, 0.25) is 41.1 Å². The van der Waals surface area contributed by atoms with E-state index in [1.165, 1.54) is 89.9 Å². The molecule has 8 aromatic heterocycles. The number of methoxy groups -OCH3 is 1. The molecule has 0 aliphatic heterocycles. The zero-order valence-electron chi connectivity index (χ0n) is 57.1. The van der Waals surface area contributed by atoms with Gasteiger partial charge >= 0.3 is 5.97 Å². The molecule has 0 atom stereocenters. The number of hydrogen-bond donors (Lipinski definition) is 11. The number of carbonyl (C=O) groups is 12. The molecule has 542 valence electrons. The van der Waals surface area contributed by atoms with Crippen LogP contribution in [-0.2, 0) is 100 Å². The smallest absolute Gasteiger partial charge is 0.311 e. The number of aryl methyl sites for hydroxylation is 7. The first kappa shape index (κ1) is 75.2. The Kier molecular flexibility index (Phi) is 26.3. The number of anilines is 6. The molecule has 0 saturated heterocycles. The molecule has 40 heteroatoms. The highest BCUT2D eigenvalue weighted by atomic mass is 16.5. The van der Waals surface area contributed by atoms with E-state index in [9.17, 15) is 57.5 Å². The summed E-state index contributed by atoms with van der Waals surface area (Å²) in [6, 6.07) is 4.38. The summed E-state index contributed by atoms with van der Waals surface area (Å²) in [6.07, 6.45) is 13.6. The highest BCUT2D eigenvalue weighted by Crippen LogP contribution is 2.19. The Hall–Kier alpha value is -12.6. The van der Waals surface area contributed by atoms with Gasteiger partial charge in [-0.2, -0.15) is 0 Å². The molecule has 0 spiro atoms. The molecule has 0 aliphatic carbocycles. The molecular weight excluding hydrogens is 1330 g/mol. The molecule has 0 fully saturated rings. The van der Waals surface area contributed by atoms with Crippen molar-refractivity contribution in [1.82, 2.24) is 93.5 Å². The Morgan fingerprint density at radius 2 is 0.853 bits per heavy atom. The number of nitrogens with zero attached hydrogens (tertiary/aromatic N) is 14.